The normalized spacial score (nSPS) is 11.0. The van der Waals surface area contributed by atoms with E-state index in [-0.39, 0.29) is 23.7 Å². The highest BCUT2D eigenvalue weighted by Gasteiger charge is 2.24. The molecular weight excluding hydrogens is 367 g/mol. The van der Waals surface area contributed by atoms with Crippen LogP contribution in [0.15, 0.2) is 46.1 Å². The standard InChI is InChI=1S/C21H21BN4O3/c1-11(2)17-18(19(27)14-6-12(3)7-15(22)9-14)26(21(29)25-20(17)28)10-13-4-5-24-16(23)8-13/h4-9,11H,10H2,1-3H3,(H2,23,24)(H,25,28,29). The van der Waals surface area contributed by atoms with Crippen molar-refractivity contribution in [3.8, 4) is 0 Å². The summed E-state index contributed by atoms with van der Waals surface area (Å²) >= 11 is 0. The highest BCUT2D eigenvalue weighted by Crippen LogP contribution is 2.19. The van der Waals surface area contributed by atoms with Crippen LogP contribution in [0, 0.1) is 6.92 Å². The molecule has 3 rings (SSSR count). The van der Waals surface area contributed by atoms with Crippen LogP contribution in [0.4, 0.5) is 5.82 Å². The molecule has 3 aromatic rings. The molecule has 0 unspecified atom stereocenters. The molecule has 7 nitrogen and oxygen atoms in total. The second kappa shape index (κ2) is 7.91. The van der Waals surface area contributed by atoms with Gasteiger partial charge < -0.3 is 5.73 Å². The molecule has 0 atom stereocenters. The number of carbonyl (C=O) groups excluding carboxylic acids is 1. The maximum Gasteiger partial charge on any atom is 0.329 e. The SMILES string of the molecule is [B]c1cc(C)cc(C(=O)c2c(C(C)C)c(=O)[nH]c(=O)n2Cc2ccnc(N)c2)c1. The van der Waals surface area contributed by atoms with Crippen molar-refractivity contribution >= 4 is 24.9 Å². The number of hydrogen-bond acceptors (Lipinski definition) is 5. The lowest BCUT2D eigenvalue weighted by Gasteiger charge is -2.18. The molecule has 146 valence electrons. The molecule has 1 aromatic carbocycles. The Bertz CT molecular complexity index is 1190. The maximum absolute atomic E-state index is 13.5. The van der Waals surface area contributed by atoms with Crippen molar-refractivity contribution in [2.45, 2.75) is 33.2 Å². The van der Waals surface area contributed by atoms with Crippen LogP contribution in [-0.2, 0) is 6.54 Å². The van der Waals surface area contributed by atoms with Gasteiger partial charge in [-0.3, -0.25) is 19.1 Å². The number of H-pyrrole nitrogens is 1. The van der Waals surface area contributed by atoms with Gasteiger partial charge in [-0.15, -0.1) is 0 Å². The number of hydrogen-bond donors (Lipinski definition) is 2. The van der Waals surface area contributed by atoms with Gasteiger partial charge in [0.1, 0.15) is 19.4 Å². The van der Waals surface area contributed by atoms with Gasteiger partial charge in [-0.25, -0.2) is 9.78 Å². The van der Waals surface area contributed by atoms with Gasteiger partial charge in [-0.1, -0.05) is 37.0 Å². The summed E-state index contributed by atoms with van der Waals surface area (Å²) in [5.41, 5.74) is 7.03. The molecule has 0 bridgehead atoms. The van der Waals surface area contributed by atoms with Crippen LogP contribution in [0.5, 0.6) is 0 Å². The molecular formula is C21H21BN4O3. The Labute approximate surface area is 169 Å². The van der Waals surface area contributed by atoms with Crippen molar-refractivity contribution in [2.24, 2.45) is 0 Å². The molecule has 0 aliphatic rings. The van der Waals surface area contributed by atoms with Crippen molar-refractivity contribution < 1.29 is 4.79 Å². The van der Waals surface area contributed by atoms with E-state index < -0.39 is 17.0 Å². The summed E-state index contributed by atoms with van der Waals surface area (Å²) in [7, 11) is 5.90. The van der Waals surface area contributed by atoms with Crippen LogP contribution in [0.25, 0.3) is 0 Å². The zero-order chi connectivity index (χ0) is 21.3. The molecule has 2 heterocycles. The van der Waals surface area contributed by atoms with Crippen LogP contribution in [0.3, 0.4) is 0 Å². The molecule has 3 N–H and O–H groups in total. The molecule has 0 saturated heterocycles. The number of benzene rings is 1. The molecule has 8 heteroatoms. The average Bonchev–Trinajstić information content (AvgIpc) is 2.62. The first-order chi connectivity index (χ1) is 13.7. The largest absolute Gasteiger partial charge is 0.384 e. The van der Waals surface area contributed by atoms with Crippen LogP contribution in [-0.4, -0.2) is 28.2 Å². The van der Waals surface area contributed by atoms with Gasteiger partial charge in [0.2, 0.25) is 5.78 Å². The van der Waals surface area contributed by atoms with Crippen molar-refractivity contribution in [1.29, 1.82) is 0 Å². The second-order valence-electron chi connectivity index (χ2n) is 7.31. The van der Waals surface area contributed by atoms with Crippen molar-refractivity contribution in [3.05, 3.63) is 85.3 Å². The van der Waals surface area contributed by atoms with Crippen molar-refractivity contribution in [3.63, 3.8) is 0 Å². The molecule has 0 amide bonds. The number of aromatic nitrogens is 3. The number of nitrogens with zero attached hydrogens (tertiary/aromatic N) is 2. The van der Waals surface area contributed by atoms with Gasteiger partial charge in [0.15, 0.2) is 0 Å². The molecule has 0 fully saturated rings. The number of aromatic amines is 1. The predicted molar refractivity (Wildman–Crippen MR) is 113 cm³/mol. The Hall–Kier alpha value is -3.42. The number of carbonyl (C=O) groups is 1. The van der Waals surface area contributed by atoms with Gasteiger partial charge in [0, 0.05) is 17.3 Å². The van der Waals surface area contributed by atoms with Crippen molar-refractivity contribution in [2.75, 3.05) is 5.73 Å². The Morgan fingerprint density at radius 2 is 1.97 bits per heavy atom. The topological polar surface area (TPSA) is 111 Å². The van der Waals surface area contributed by atoms with Crippen molar-refractivity contribution in [1.82, 2.24) is 14.5 Å². The Kier molecular flexibility index (Phi) is 5.54. The molecule has 0 spiro atoms. The van der Waals surface area contributed by atoms with Gasteiger partial charge in [0.05, 0.1) is 6.54 Å². The summed E-state index contributed by atoms with van der Waals surface area (Å²) in [5.74, 6) is -0.424. The zero-order valence-electron chi connectivity index (χ0n) is 16.5. The van der Waals surface area contributed by atoms with Gasteiger partial charge in [-0.2, -0.15) is 0 Å². The van der Waals surface area contributed by atoms with E-state index in [0.717, 1.165) is 5.56 Å². The highest BCUT2D eigenvalue weighted by atomic mass is 16.2. The fraction of sp³-hybridized carbons (Fsp3) is 0.238. The average molecular weight is 388 g/mol. The van der Waals surface area contributed by atoms with Gasteiger partial charge >= 0.3 is 5.69 Å². The quantitative estimate of drug-likeness (QED) is 0.501. The number of nitrogens with one attached hydrogen (secondary N) is 1. The monoisotopic (exact) mass is 388 g/mol. The summed E-state index contributed by atoms with van der Waals surface area (Å²) in [5, 5.41) is 0. The van der Waals surface area contributed by atoms with Crippen LogP contribution in [0.2, 0.25) is 0 Å². The highest BCUT2D eigenvalue weighted by molar-refractivity contribution is 6.33. The Balaban J connectivity index is 2.28. The third-order valence-corrected chi connectivity index (χ3v) is 4.58. The zero-order valence-corrected chi connectivity index (χ0v) is 16.5. The van der Waals surface area contributed by atoms with E-state index in [9.17, 15) is 14.4 Å². The minimum absolute atomic E-state index is 0.0501. The van der Waals surface area contributed by atoms with E-state index in [1.165, 1.54) is 10.8 Å². The first-order valence-electron chi connectivity index (χ1n) is 9.16. The maximum atomic E-state index is 13.5. The number of ketones is 1. The number of nitrogen functional groups attached to an aromatic ring is 1. The summed E-state index contributed by atoms with van der Waals surface area (Å²) in [6, 6.07) is 8.28. The number of pyridine rings is 1. The van der Waals surface area contributed by atoms with Crippen LogP contribution < -0.4 is 22.4 Å². The molecule has 0 aliphatic heterocycles. The third-order valence-electron chi connectivity index (χ3n) is 4.58. The Morgan fingerprint density at radius 3 is 2.59 bits per heavy atom. The lowest BCUT2D eigenvalue weighted by Crippen LogP contribution is -2.38. The fourth-order valence-electron chi connectivity index (χ4n) is 3.37. The minimum atomic E-state index is -0.668. The molecule has 0 saturated carbocycles. The smallest absolute Gasteiger partial charge is 0.329 e. The molecule has 0 aliphatic carbocycles. The predicted octanol–water partition coefficient (Wildman–Crippen LogP) is 1.02. The first kappa shape index (κ1) is 20.3. The van der Waals surface area contributed by atoms with E-state index in [0.29, 0.717) is 22.4 Å². The number of rotatable bonds is 5. The summed E-state index contributed by atoms with van der Waals surface area (Å²) in [6.07, 6.45) is 1.52. The number of nitrogens with two attached hydrogens (primary N) is 1. The van der Waals surface area contributed by atoms with E-state index in [2.05, 4.69) is 9.97 Å². The third kappa shape index (κ3) is 4.21. The summed E-state index contributed by atoms with van der Waals surface area (Å²) < 4.78 is 1.27. The summed E-state index contributed by atoms with van der Waals surface area (Å²) in [4.78, 5) is 44.9. The molecule has 29 heavy (non-hydrogen) atoms. The summed E-state index contributed by atoms with van der Waals surface area (Å²) in [6.45, 7) is 5.47. The second-order valence-corrected chi connectivity index (χ2v) is 7.31. The fourth-order valence-corrected chi connectivity index (χ4v) is 3.37. The number of anilines is 1. The molecule has 2 radical (unpaired) electrons. The minimum Gasteiger partial charge on any atom is -0.384 e. The number of aryl methyl sites for hydroxylation is 1. The van der Waals surface area contributed by atoms with E-state index in [4.69, 9.17) is 13.6 Å². The van der Waals surface area contributed by atoms with Gasteiger partial charge in [0.25, 0.3) is 5.56 Å². The lowest BCUT2D eigenvalue weighted by atomic mass is 9.89. The Morgan fingerprint density at radius 1 is 1.24 bits per heavy atom. The van der Waals surface area contributed by atoms with Gasteiger partial charge in [-0.05, 0) is 36.6 Å². The van der Waals surface area contributed by atoms with E-state index in [1.807, 2.05) is 6.92 Å². The lowest BCUT2D eigenvalue weighted by molar-refractivity contribution is 0.102. The van der Waals surface area contributed by atoms with E-state index in [1.54, 1.807) is 44.2 Å². The van der Waals surface area contributed by atoms with Crippen LogP contribution in [0.1, 0.15) is 52.5 Å². The van der Waals surface area contributed by atoms with E-state index >= 15 is 0 Å². The molecule has 2 aromatic heterocycles. The first-order valence-corrected chi connectivity index (χ1v) is 9.16. The van der Waals surface area contributed by atoms with Crippen LogP contribution >= 0.6 is 0 Å².